The van der Waals surface area contributed by atoms with Crippen LogP contribution in [0.4, 0.5) is 0 Å². The van der Waals surface area contributed by atoms with Gasteiger partial charge in [-0.2, -0.15) is 0 Å². The van der Waals surface area contributed by atoms with Crippen LogP contribution in [0.1, 0.15) is 13.8 Å². The summed E-state index contributed by atoms with van der Waals surface area (Å²) in [7, 11) is -1.04. The molecular weight excluding hydrogens is 187 g/mol. The smallest absolute Gasteiger partial charge is 0.247 e. The van der Waals surface area contributed by atoms with Crippen molar-refractivity contribution < 1.29 is 13.8 Å². The molecule has 0 saturated carbocycles. The molecule has 1 rings (SSSR count). The lowest BCUT2D eigenvalue weighted by atomic mass is 10.4. The molecule has 0 N–H and O–H groups in total. The predicted molar refractivity (Wildman–Crippen MR) is 52.9 cm³/mol. The normalized spacial score (nSPS) is 29.0. The minimum atomic E-state index is -2.63. The number of hydrogen-bond acceptors (Lipinski definition) is 3. The van der Waals surface area contributed by atoms with Crippen LogP contribution in [0.2, 0.25) is 0 Å². The third kappa shape index (κ3) is 3.11. The van der Waals surface area contributed by atoms with Crippen molar-refractivity contribution in [3.8, 4) is 0 Å². The lowest BCUT2D eigenvalue weighted by Gasteiger charge is -2.15. The van der Waals surface area contributed by atoms with E-state index in [1.165, 1.54) is 0 Å². The van der Waals surface area contributed by atoms with E-state index < -0.39 is 7.37 Å². The lowest BCUT2D eigenvalue weighted by molar-refractivity contribution is 0.0965. The summed E-state index contributed by atoms with van der Waals surface area (Å²) in [4.78, 5) is 0. The molecule has 0 saturated heterocycles. The molecule has 2 unspecified atom stereocenters. The molecule has 2 atom stereocenters. The highest BCUT2D eigenvalue weighted by Gasteiger charge is 2.23. The number of rotatable bonds is 4. The summed E-state index contributed by atoms with van der Waals surface area (Å²) in [6, 6.07) is 0. The van der Waals surface area contributed by atoms with E-state index in [-0.39, 0.29) is 6.10 Å². The third-order valence-corrected chi connectivity index (χ3v) is 3.70. The van der Waals surface area contributed by atoms with E-state index in [0.717, 1.165) is 5.57 Å². The molecule has 3 nitrogen and oxygen atoms in total. The summed E-state index contributed by atoms with van der Waals surface area (Å²) in [5.41, 5.74) is 0.993. The van der Waals surface area contributed by atoms with Crippen molar-refractivity contribution in [2.24, 2.45) is 0 Å². The highest BCUT2D eigenvalue weighted by Crippen LogP contribution is 2.55. The van der Waals surface area contributed by atoms with Gasteiger partial charge in [0.25, 0.3) is 0 Å². The van der Waals surface area contributed by atoms with E-state index in [0.29, 0.717) is 6.61 Å². The van der Waals surface area contributed by atoms with Gasteiger partial charge in [0, 0.05) is 18.7 Å². The Bertz CT molecular complexity index is 281. The average molecular weight is 202 g/mol. The molecule has 4 heteroatoms. The van der Waals surface area contributed by atoms with Crippen LogP contribution in [0.5, 0.6) is 0 Å². The Labute approximate surface area is 78.9 Å². The summed E-state index contributed by atoms with van der Waals surface area (Å²) < 4.78 is 22.1. The van der Waals surface area contributed by atoms with Gasteiger partial charge in [0.2, 0.25) is 7.37 Å². The zero-order chi connectivity index (χ0) is 9.90. The Hall–Kier alpha value is -0.370. The molecule has 74 valence electrons. The monoisotopic (exact) mass is 202 g/mol. The van der Waals surface area contributed by atoms with Gasteiger partial charge in [-0.1, -0.05) is 6.08 Å². The molecule has 1 aliphatic rings. The van der Waals surface area contributed by atoms with E-state index in [4.69, 9.17) is 9.26 Å². The van der Waals surface area contributed by atoms with E-state index in [1.54, 1.807) is 18.7 Å². The molecule has 0 aromatic carbocycles. The van der Waals surface area contributed by atoms with Gasteiger partial charge in [-0.15, -0.1) is 0 Å². The molecule has 0 radical (unpaired) electrons. The fourth-order valence-corrected chi connectivity index (χ4v) is 3.14. The van der Waals surface area contributed by atoms with Gasteiger partial charge in [0.1, 0.15) is 0 Å². The summed E-state index contributed by atoms with van der Waals surface area (Å²) in [5, 5.41) is 0. The van der Waals surface area contributed by atoms with E-state index in [9.17, 15) is 4.57 Å². The van der Waals surface area contributed by atoms with Crippen LogP contribution in [0, 0.1) is 0 Å². The topological polar surface area (TPSA) is 35.5 Å². The van der Waals surface area contributed by atoms with Crippen LogP contribution in [-0.4, -0.2) is 19.8 Å². The van der Waals surface area contributed by atoms with Crippen molar-refractivity contribution in [2.75, 3.05) is 13.7 Å². The van der Waals surface area contributed by atoms with E-state index in [1.807, 2.05) is 19.9 Å². The maximum Gasteiger partial charge on any atom is 0.247 e. The van der Waals surface area contributed by atoms with Crippen molar-refractivity contribution in [1.29, 1.82) is 0 Å². The molecule has 0 aliphatic carbocycles. The fourth-order valence-electron chi connectivity index (χ4n) is 1.20. The Balaban J connectivity index is 2.55. The van der Waals surface area contributed by atoms with Gasteiger partial charge in [-0.3, -0.25) is 4.57 Å². The second-order valence-corrected chi connectivity index (χ2v) is 5.26. The SMILES string of the molecule is COCC(C)OP1(=O)C=CC(C)=C1. The standard InChI is InChI=1S/C9H15O3P/c1-8-4-5-13(10,7-8)12-9(2)6-11-3/h4-5,7,9H,6H2,1-3H3. The van der Waals surface area contributed by atoms with Gasteiger partial charge in [-0.05, 0) is 19.4 Å². The lowest BCUT2D eigenvalue weighted by Crippen LogP contribution is -2.12. The van der Waals surface area contributed by atoms with Gasteiger partial charge < -0.3 is 9.26 Å². The van der Waals surface area contributed by atoms with Crippen LogP contribution in [0.25, 0.3) is 0 Å². The zero-order valence-corrected chi connectivity index (χ0v) is 9.08. The first-order chi connectivity index (χ1) is 6.06. The molecule has 0 aromatic rings. The molecule has 13 heavy (non-hydrogen) atoms. The minimum Gasteiger partial charge on any atom is -0.382 e. The zero-order valence-electron chi connectivity index (χ0n) is 8.19. The van der Waals surface area contributed by atoms with Crippen molar-refractivity contribution in [3.05, 3.63) is 23.3 Å². The summed E-state index contributed by atoms with van der Waals surface area (Å²) >= 11 is 0. The number of allylic oxidation sites excluding steroid dienone is 2. The Morgan fingerprint density at radius 3 is 2.77 bits per heavy atom. The molecular formula is C9H15O3P. The van der Waals surface area contributed by atoms with Gasteiger partial charge in [-0.25, -0.2) is 0 Å². The second-order valence-electron chi connectivity index (χ2n) is 3.21. The molecule has 1 heterocycles. The van der Waals surface area contributed by atoms with Crippen molar-refractivity contribution >= 4 is 7.37 Å². The van der Waals surface area contributed by atoms with Gasteiger partial charge in [0.15, 0.2) is 0 Å². The average Bonchev–Trinajstić information content (AvgIpc) is 2.30. The van der Waals surface area contributed by atoms with Crippen LogP contribution < -0.4 is 0 Å². The Morgan fingerprint density at radius 1 is 1.62 bits per heavy atom. The minimum absolute atomic E-state index is 0.136. The first kappa shape index (κ1) is 10.7. The second kappa shape index (κ2) is 4.23. The molecule has 1 aliphatic heterocycles. The van der Waals surface area contributed by atoms with Crippen molar-refractivity contribution in [3.63, 3.8) is 0 Å². The Kier molecular flexibility index (Phi) is 3.48. The van der Waals surface area contributed by atoms with Gasteiger partial charge >= 0.3 is 0 Å². The summed E-state index contributed by atoms with van der Waals surface area (Å²) in [5.74, 6) is 3.31. The molecule has 0 spiro atoms. The summed E-state index contributed by atoms with van der Waals surface area (Å²) in [6.45, 7) is 4.21. The quantitative estimate of drug-likeness (QED) is 0.657. The Morgan fingerprint density at radius 2 is 2.31 bits per heavy atom. The maximum absolute atomic E-state index is 11.9. The molecule has 0 aromatic heterocycles. The molecule has 0 amide bonds. The largest absolute Gasteiger partial charge is 0.382 e. The van der Waals surface area contributed by atoms with Crippen molar-refractivity contribution in [1.82, 2.24) is 0 Å². The first-order valence-corrected chi connectivity index (χ1v) is 5.97. The van der Waals surface area contributed by atoms with Crippen LogP contribution >= 0.6 is 7.37 Å². The van der Waals surface area contributed by atoms with Crippen molar-refractivity contribution in [2.45, 2.75) is 20.0 Å². The van der Waals surface area contributed by atoms with Crippen LogP contribution in [-0.2, 0) is 13.8 Å². The predicted octanol–water partition coefficient (Wildman–Crippen LogP) is 2.75. The first-order valence-electron chi connectivity index (χ1n) is 4.21. The van der Waals surface area contributed by atoms with E-state index in [2.05, 4.69) is 0 Å². The number of methoxy groups -OCH3 is 1. The number of ether oxygens (including phenoxy) is 1. The van der Waals surface area contributed by atoms with E-state index >= 15 is 0 Å². The maximum atomic E-state index is 11.9. The fraction of sp³-hybridized carbons (Fsp3) is 0.556. The van der Waals surface area contributed by atoms with Crippen LogP contribution in [0.15, 0.2) is 23.3 Å². The number of hydrogen-bond donors (Lipinski definition) is 0. The molecule has 0 fully saturated rings. The summed E-state index contributed by atoms with van der Waals surface area (Å²) in [6.07, 6.45) is 1.68. The molecule has 0 bridgehead atoms. The van der Waals surface area contributed by atoms with Crippen LogP contribution in [0.3, 0.4) is 0 Å². The highest BCUT2D eigenvalue weighted by molar-refractivity contribution is 7.65. The third-order valence-electron chi connectivity index (χ3n) is 1.67. The van der Waals surface area contributed by atoms with Gasteiger partial charge in [0.05, 0.1) is 12.7 Å². The highest BCUT2D eigenvalue weighted by atomic mass is 31.2.